The van der Waals surface area contributed by atoms with Crippen molar-refractivity contribution < 1.29 is 43.0 Å². The van der Waals surface area contributed by atoms with Gasteiger partial charge in [-0.1, -0.05) is 72.8 Å². The van der Waals surface area contributed by atoms with Gasteiger partial charge < -0.3 is 14.2 Å². The SMILES string of the molecule is O=Cc1ccc(/C=C2\COC(=O)/C(=C/c3ccc(C=O)cc3)COC(=O)/C(=C/c3ccc(C=O)cc3)COC2=O)cc1. The molecule has 0 N–H and O–H groups in total. The van der Waals surface area contributed by atoms with Crippen molar-refractivity contribution in [2.75, 3.05) is 19.8 Å². The second-order valence-corrected chi connectivity index (χ2v) is 9.09. The van der Waals surface area contributed by atoms with Crippen molar-refractivity contribution in [1.29, 1.82) is 0 Å². The summed E-state index contributed by atoms with van der Waals surface area (Å²) in [5.74, 6) is -2.52. The largest absolute Gasteiger partial charge is 0.457 e. The van der Waals surface area contributed by atoms with Crippen molar-refractivity contribution in [3.63, 3.8) is 0 Å². The van der Waals surface area contributed by atoms with E-state index < -0.39 is 37.7 Å². The van der Waals surface area contributed by atoms with E-state index in [0.717, 1.165) is 0 Å². The summed E-state index contributed by atoms with van der Waals surface area (Å²) in [6.07, 6.45) is 6.42. The number of hydrogen-bond acceptors (Lipinski definition) is 9. The monoisotopic (exact) mass is 564 g/mol. The smallest absolute Gasteiger partial charge is 0.337 e. The lowest BCUT2D eigenvalue weighted by Gasteiger charge is -2.15. The minimum Gasteiger partial charge on any atom is -0.457 e. The van der Waals surface area contributed by atoms with Crippen LogP contribution in [-0.2, 0) is 28.6 Å². The minimum absolute atomic E-state index is 0.0134. The Labute approximate surface area is 240 Å². The van der Waals surface area contributed by atoms with Crippen LogP contribution in [-0.4, -0.2) is 56.6 Å². The molecule has 42 heavy (non-hydrogen) atoms. The predicted molar refractivity (Wildman–Crippen MR) is 152 cm³/mol. The van der Waals surface area contributed by atoms with Gasteiger partial charge in [0.15, 0.2) is 0 Å². The summed E-state index contributed by atoms with van der Waals surface area (Å²) in [6, 6.07) is 19.1. The molecular weight excluding hydrogens is 540 g/mol. The van der Waals surface area contributed by atoms with E-state index in [0.29, 0.717) is 52.2 Å². The lowest BCUT2D eigenvalue weighted by molar-refractivity contribution is -0.145. The van der Waals surface area contributed by atoms with Crippen LogP contribution < -0.4 is 0 Å². The quantitative estimate of drug-likeness (QED) is 0.186. The van der Waals surface area contributed by atoms with Crippen molar-refractivity contribution in [2.45, 2.75) is 0 Å². The highest BCUT2D eigenvalue weighted by Gasteiger charge is 2.23. The third-order valence-electron chi connectivity index (χ3n) is 6.10. The molecule has 0 aliphatic carbocycles. The van der Waals surface area contributed by atoms with Crippen LogP contribution in [0.4, 0.5) is 0 Å². The Morgan fingerprint density at radius 1 is 0.381 bits per heavy atom. The Bertz CT molecular complexity index is 1400. The Morgan fingerprint density at radius 2 is 0.595 bits per heavy atom. The van der Waals surface area contributed by atoms with Crippen LogP contribution in [0.2, 0.25) is 0 Å². The van der Waals surface area contributed by atoms with Gasteiger partial charge in [0, 0.05) is 16.7 Å². The third-order valence-corrected chi connectivity index (χ3v) is 6.10. The van der Waals surface area contributed by atoms with E-state index in [1.807, 2.05) is 0 Å². The summed E-state index contributed by atoms with van der Waals surface area (Å²) in [4.78, 5) is 72.3. The summed E-state index contributed by atoms with van der Waals surface area (Å²) in [6.45, 7) is -1.35. The Morgan fingerprint density at radius 3 is 0.810 bits per heavy atom. The van der Waals surface area contributed by atoms with Gasteiger partial charge in [0.1, 0.15) is 38.7 Å². The number of esters is 3. The van der Waals surface area contributed by atoms with Gasteiger partial charge in [0.2, 0.25) is 0 Å². The second-order valence-electron chi connectivity index (χ2n) is 9.09. The molecule has 1 aliphatic rings. The predicted octanol–water partition coefficient (Wildman–Crippen LogP) is 4.32. The molecule has 0 spiro atoms. The zero-order chi connectivity index (χ0) is 29.9. The molecule has 0 bridgehead atoms. The summed E-state index contributed by atoms with van der Waals surface area (Å²) in [5.41, 5.74) is 2.92. The van der Waals surface area contributed by atoms with E-state index in [1.54, 1.807) is 72.8 Å². The Balaban J connectivity index is 1.70. The van der Waals surface area contributed by atoms with Crippen LogP contribution in [0.15, 0.2) is 89.5 Å². The van der Waals surface area contributed by atoms with Crippen LogP contribution in [0.5, 0.6) is 0 Å². The first kappa shape index (κ1) is 29.3. The number of carbonyl (C=O) groups excluding carboxylic acids is 6. The van der Waals surface area contributed by atoms with E-state index >= 15 is 0 Å². The van der Waals surface area contributed by atoms with E-state index in [9.17, 15) is 28.8 Å². The normalized spacial score (nSPS) is 17.4. The van der Waals surface area contributed by atoms with Crippen molar-refractivity contribution in [2.24, 2.45) is 0 Å². The fourth-order valence-electron chi connectivity index (χ4n) is 3.80. The molecular formula is C33H24O9. The number of rotatable bonds is 6. The number of benzene rings is 3. The standard InChI is InChI=1S/C33H24O9/c34-16-25-7-1-22(2-8-25)13-28-19-40-32(38)30(15-24-5-11-27(18-36)12-6-24)21-42-33(39)29(20-41-31(28)37)14-23-3-9-26(17-35)10-4-23/h1-18H,19-21H2/b28-13+,29-14+,30-15+. The van der Waals surface area contributed by atoms with Crippen molar-refractivity contribution in [3.05, 3.63) is 123 Å². The van der Waals surface area contributed by atoms with E-state index in [-0.39, 0.29) is 16.7 Å². The first-order chi connectivity index (χ1) is 20.4. The van der Waals surface area contributed by atoms with Crippen molar-refractivity contribution in [1.82, 2.24) is 0 Å². The van der Waals surface area contributed by atoms with Crippen LogP contribution in [0, 0.1) is 0 Å². The fraction of sp³-hybridized carbons (Fsp3) is 0.0909. The molecule has 0 radical (unpaired) electrons. The molecule has 0 amide bonds. The zero-order valence-corrected chi connectivity index (χ0v) is 22.2. The van der Waals surface area contributed by atoms with Crippen molar-refractivity contribution >= 4 is 55.0 Å². The van der Waals surface area contributed by atoms with Gasteiger partial charge >= 0.3 is 17.9 Å². The Kier molecular flexibility index (Phi) is 9.82. The molecule has 9 heteroatoms. The number of ether oxygens (including phenoxy) is 3. The van der Waals surface area contributed by atoms with Gasteiger partial charge in [0.25, 0.3) is 0 Å². The highest BCUT2D eigenvalue weighted by atomic mass is 16.6. The summed E-state index contributed by atoms with van der Waals surface area (Å²) < 4.78 is 16.2. The van der Waals surface area contributed by atoms with Gasteiger partial charge in [-0.15, -0.1) is 0 Å². The van der Waals surface area contributed by atoms with E-state index in [1.165, 1.54) is 18.2 Å². The number of cyclic esters (lactones) is 3. The number of hydrogen-bond donors (Lipinski definition) is 0. The number of aldehydes is 3. The molecule has 9 nitrogen and oxygen atoms in total. The average molecular weight is 565 g/mol. The zero-order valence-electron chi connectivity index (χ0n) is 22.2. The second kappa shape index (κ2) is 14.1. The molecule has 0 atom stereocenters. The maximum Gasteiger partial charge on any atom is 0.337 e. The maximum atomic E-state index is 13.1. The molecule has 4 rings (SSSR count). The third kappa shape index (κ3) is 7.92. The molecule has 1 saturated heterocycles. The number of carbonyl (C=O) groups is 6. The summed E-state index contributed by atoms with van der Waals surface area (Å²) in [7, 11) is 0. The van der Waals surface area contributed by atoms with Gasteiger partial charge in [-0.3, -0.25) is 14.4 Å². The molecule has 210 valence electrons. The van der Waals surface area contributed by atoms with Gasteiger partial charge in [0.05, 0.1) is 16.7 Å². The van der Waals surface area contributed by atoms with E-state index in [2.05, 4.69) is 0 Å². The molecule has 0 aromatic heterocycles. The van der Waals surface area contributed by atoms with Gasteiger partial charge in [-0.25, -0.2) is 14.4 Å². The van der Waals surface area contributed by atoms with Crippen LogP contribution in [0.25, 0.3) is 18.2 Å². The average Bonchev–Trinajstić information content (AvgIpc) is 3.03. The topological polar surface area (TPSA) is 130 Å². The van der Waals surface area contributed by atoms with Crippen LogP contribution in [0.1, 0.15) is 47.8 Å². The molecule has 3 aromatic rings. The summed E-state index contributed by atoms with van der Waals surface area (Å²) in [5, 5.41) is 0. The molecule has 3 aromatic carbocycles. The van der Waals surface area contributed by atoms with Crippen LogP contribution >= 0.6 is 0 Å². The van der Waals surface area contributed by atoms with E-state index in [4.69, 9.17) is 14.2 Å². The molecule has 1 fully saturated rings. The maximum absolute atomic E-state index is 13.1. The highest BCUT2D eigenvalue weighted by Crippen LogP contribution is 2.18. The first-order valence-corrected chi connectivity index (χ1v) is 12.7. The van der Waals surface area contributed by atoms with Crippen molar-refractivity contribution in [3.8, 4) is 0 Å². The lowest BCUT2D eigenvalue weighted by Crippen LogP contribution is -2.23. The summed E-state index contributed by atoms with van der Waals surface area (Å²) >= 11 is 0. The molecule has 0 saturated carbocycles. The van der Waals surface area contributed by atoms with Gasteiger partial charge in [-0.2, -0.15) is 0 Å². The minimum atomic E-state index is -0.840. The first-order valence-electron chi connectivity index (χ1n) is 12.7. The highest BCUT2D eigenvalue weighted by molar-refractivity contribution is 6.00. The molecule has 0 unspecified atom stereocenters. The van der Waals surface area contributed by atoms with Gasteiger partial charge in [-0.05, 0) is 34.9 Å². The molecule has 1 aliphatic heterocycles. The fourth-order valence-corrected chi connectivity index (χ4v) is 3.80. The lowest BCUT2D eigenvalue weighted by atomic mass is 10.1. The molecule has 1 heterocycles. The Hall–Kier alpha value is -5.70. The van der Waals surface area contributed by atoms with Crippen LogP contribution in [0.3, 0.4) is 0 Å².